The van der Waals surface area contributed by atoms with Gasteiger partial charge in [0.05, 0.1) is 17.6 Å². The van der Waals surface area contributed by atoms with E-state index in [1.165, 1.54) is 6.20 Å². The quantitative estimate of drug-likeness (QED) is 0.797. The summed E-state index contributed by atoms with van der Waals surface area (Å²) in [6.45, 7) is 5.61. The van der Waals surface area contributed by atoms with Crippen molar-refractivity contribution in [3.8, 4) is 5.69 Å². The van der Waals surface area contributed by atoms with E-state index in [4.69, 9.17) is 10.7 Å². The Hall–Kier alpha value is -1.33. The molecule has 0 atom stereocenters. The third kappa shape index (κ3) is 2.28. The van der Waals surface area contributed by atoms with Crippen LogP contribution in [0.25, 0.3) is 5.69 Å². The van der Waals surface area contributed by atoms with Crippen LogP contribution in [0.1, 0.15) is 16.8 Å². The first kappa shape index (κ1) is 13.1. The molecule has 0 spiro atoms. The van der Waals surface area contributed by atoms with Gasteiger partial charge in [-0.2, -0.15) is 5.10 Å². The Morgan fingerprint density at radius 3 is 2.44 bits per heavy atom. The number of aryl methyl sites for hydroxylation is 2. The van der Waals surface area contributed by atoms with Gasteiger partial charge >= 0.3 is 0 Å². The van der Waals surface area contributed by atoms with Gasteiger partial charge in [0.15, 0.2) is 0 Å². The van der Waals surface area contributed by atoms with Gasteiger partial charge in [0.2, 0.25) is 0 Å². The highest BCUT2D eigenvalue weighted by atomic mass is 35.7. The second-order valence-corrected chi connectivity index (χ2v) is 6.77. The lowest BCUT2D eigenvalue weighted by Gasteiger charge is -2.09. The standard InChI is InChI=1S/C12H13ClN2O2S/c1-8-4-5-9(2)11(6-8)15-10(3)12(7-14-15)18(13,16)17/h4-7H,1-3H3. The van der Waals surface area contributed by atoms with E-state index in [-0.39, 0.29) is 4.90 Å². The monoisotopic (exact) mass is 284 g/mol. The lowest BCUT2D eigenvalue weighted by atomic mass is 10.1. The normalized spacial score (nSPS) is 11.8. The van der Waals surface area contributed by atoms with Crippen molar-refractivity contribution >= 4 is 19.7 Å². The van der Waals surface area contributed by atoms with Crippen molar-refractivity contribution in [1.82, 2.24) is 9.78 Å². The van der Waals surface area contributed by atoms with Crippen LogP contribution in [0.4, 0.5) is 0 Å². The first-order valence-corrected chi connectivity index (χ1v) is 7.68. The van der Waals surface area contributed by atoms with E-state index in [0.717, 1.165) is 16.8 Å². The molecular formula is C12H13ClN2O2S. The Morgan fingerprint density at radius 2 is 1.89 bits per heavy atom. The van der Waals surface area contributed by atoms with Crippen LogP contribution < -0.4 is 0 Å². The summed E-state index contributed by atoms with van der Waals surface area (Å²) >= 11 is 0. The van der Waals surface area contributed by atoms with E-state index in [9.17, 15) is 8.42 Å². The molecule has 1 heterocycles. The Labute approximate surface area is 111 Å². The molecular weight excluding hydrogens is 272 g/mol. The van der Waals surface area contributed by atoms with Crippen LogP contribution in [0.3, 0.4) is 0 Å². The van der Waals surface area contributed by atoms with Crippen molar-refractivity contribution in [1.29, 1.82) is 0 Å². The fraction of sp³-hybridized carbons (Fsp3) is 0.250. The number of hydrogen-bond donors (Lipinski definition) is 0. The molecule has 96 valence electrons. The van der Waals surface area contributed by atoms with Gasteiger partial charge in [-0.15, -0.1) is 0 Å². The number of rotatable bonds is 2. The van der Waals surface area contributed by atoms with Crippen LogP contribution in [0, 0.1) is 20.8 Å². The van der Waals surface area contributed by atoms with Crippen molar-refractivity contribution in [2.45, 2.75) is 25.7 Å². The fourth-order valence-corrected chi connectivity index (χ4v) is 2.89. The first-order valence-electron chi connectivity index (χ1n) is 5.37. The molecule has 4 nitrogen and oxygen atoms in total. The molecule has 0 aliphatic rings. The van der Waals surface area contributed by atoms with Crippen LogP contribution in [0.5, 0.6) is 0 Å². The zero-order chi connectivity index (χ0) is 13.5. The maximum absolute atomic E-state index is 11.4. The molecule has 6 heteroatoms. The molecule has 1 aromatic heterocycles. The highest BCUT2D eigenvalue weighted by molar-refractivity contribution is 8.13. The van der Waals surface area contributed by atoms with E-state index < -0.39 is 9.05 Å². The summed E-state index contributed by atoms with van der Waals surface area (Å²) in [5.41, 5.74) is 3.48. The molecule has 0 bridgehead atoms. The van der Waals surface area contributed by atoms with Crippen molar-refractivity contribution in [2.75, 3.05) is 0 Å². The molecule has 2 aromatic rings. The van der Waals surface area contributed by atoms with Crippen molar-refractivity contribution in [2.24, 2.45) is 0 Å². The van der Waals surface area contributed by atoms with Crippen LogP contribution in [0.2, 0.25) is 0 Å². The first-order chi connectivity index (χ1) is 8.30. The van der Waals surface area contributed by atoms with Gasteiger partial charge in [-0.05, 0) is 38.0 Å². The van der Waals surface area contributed by atoms with Gasteiger partial charge in [-0.25, -0.2) is 13.1 Å². The second-order valence-electron chi connectivity index (χ2n) is 4.23. The highest BCUT2D eigenvalue weighted by Gasteiger charge is 2.19. The SMILES string of the molecule is Cc1ccc(C)c(-n2ncc(S(=O)(=O)Cl)c2C)c1. The molecule has 0 N–H and O–H groups in total. The van der Waals surface area contributed by atoms with Gasteiger partial charge in [0.25, 0.3) is 9.05 Å². The fourth-order valence-electron chi connectivity index (χ4n) is 1.82. The number of halogens is 1. The summed E-state index contributed by atoms with van der Waals surface area (Å²) in [5, 5.41) is 4.11. The van der Waals surface area contributed by atoms with Gasteiger partial charge in [-0.3, -0.25) is 0 Å². The van der Waals surface area contributed by atoms with E-state index in [2.05, 4.69) is 5.10 Å². The number of aromatic nitrogens is 2. The minimum Gasteiger partial charge on any atom is -0.236 e. The maximum atomic E-state index is 11.4. The van der Waals surface area contributed by atoms with Crippen LogP contribution in [0.15, 0.2) is 29.3 Å². The summed E-state index contributed by atoms with van der Waals surface area (Å²) in [4.78, 5) is 0.0464. The molecule has 2 rings (SSSR count). The number of hydrogen-bond acceptors (Lipinski definition) is 3. The Balaban J connectivity index is 2.67. The summed E-state index contributed by atoms with van der Waals surface area (Å²) in [7, 11) is 1.60. The summed E-state index contributed by atoms with van der Waals surface area (Å²) in [5.74, 6) is 0. The molecule has 0 fully saturated rings. The third-order valence-electron chi connectivity index (χ3n) is 2.82. The van der Waals surface area contributed by atoms with E-state index >= 15 is 0 Å². The van der Waals surface area contributed by atoms with Crippen molar-refractivity contribution in [3.05, 3.63) is 41.2 Å². The predicted molar refractivity (Wildman–Crippen MR) is 70.8 cm³/mol. The zero-order valence-corrected chi connectivity index (χ0v) is 11.9. The molecule has 1 aromatic carbocycles. The Bertz CT molecular complexity index is 705. The molecule has 0 aliphatic heterocycles. The largest absolute Gasteiger partial charge is 0.264 e. The average molecular weight is 285 g/mol. The third-order valence-corrected chi connectivity index (χ3v) is 4.25. The van der Waals surface area contributed by atoms with Crippen molar-refractivity contribution < 1.29 is 8.42 Å². The number of nitrogens with zero attached hydrogens (tertiary/aromatic N) is 2. The van der Waals surface area contributed by atoms with Gasteiger partial charge in [-0.1, -0.05) is 12.1 Å². The summed E-state index contributed by atoms with van der Waals surface area (Å²) < 4.78 is 24.3. The average Bonchev–Trinajstić information content (AvgIpc) is 2.63. The summed E-state index contributed by atoms with van der Waals surface area (Å²) in [6.07, 6.45) is 1.28. The van der Waals surface area contributed by atoms with E-state index in [1.54, 1.807) is 11.6 Å². The van der Waals surface area contributed by atoms with Gasteiger partial charge in [0, 0.05) is 10.7 Å². The minimum absolute atomic E-state index is 0.0464. The topological polar surface area (TPSA) is 52.0 Å². The van der Waals surface area contributed by atoms with E-state index in [1.807, 2.05) is 32.0 Å². The van der Waals surface area contributed by atoms with Crippen LogP contribution in [-0.4, -0.2) is 18.2 Å². The molecule has 0 aliphatic carbocycles. The lowest BCUT2D eigenvalue weighted by molar-refractivity contribution is 0.609. The molecule has 0 radical (unpaired) electrons. The molecule has 18 heavy (non-hydrogen) atoms. The summed E-state index contributed by atoms with van der Waals surface area (Å²) in [6, 6.07) is 5.93. The molecule has 0 amide bonds. The smallest absolute Gasteiger partial charge is 0.236 e. The highest BCUT2D eigenvalue weighted by Crippen LogP contribution is 2.23. The van der Waals surface area contributed by atoms with Crippen molar-refractivity contribution in [3.63, 3.8) is 0 Å². The lowest BCUT2D eigenvalue weighted by Crippen LogP contribution is -2.03. The zero-order valence-electron chi connectivity index (χ0n) is 10.3. The predicted octanol–water partition coefficient (Wildman–Crippen LogP) is 2.73. The Morgan fingerprint density at radius 1 is 1.22 bits per heavy atom. The maximum Gasteiger partial charge on any atom is 0.264 e. The van der Waals surface area contributed by atoms with E-state index in [0.29, 0.717) is 5.69 Å². The minimum atomic E-state index is -3.75. The second kappa shape index (κ2) is 4.40. The van der Waals surface area contributed by atoms with Crippen LogP contribution in [-0.2, 0) is 9.05 Å². The number of benzene rings is 1. The molecule has 0 saturated heterocycles. The molecule has 0 unspecified atom stereocenters. The van der Waals surface area contributed by atoms with Crippen LogP contribution >= 0.6 is 10.7 Å². The Kier molecular flexibility index (Phi) is 3.21. The van der Waals surface area contributed by atoms with Gasteiger partial charge in [0.1, 0.15) is 4.90 Å². The van der Waals surface area contributed by atoms with Gasteiger partial charge < -0.3 is 0 Å². The molecule has 0 saturated carbocycles.